The van der Waals surface area contributed by atoms with Crippen molar-refractivity contribution in [1.82, 2.24) is 10.9 Å². The van der Waals surface area contributed by atoms with E-state index in [9.17, 15) is 10.1 Å². The maximum Gasteiger partial charge on any atom is 0.269 e. The Hall–Kier alpha value is -1.46. The first-order valence-corrected chi connectivity index (χ1v) is 3.87. The molecule has 1 aromatic rings. The molecule has 0 fully saturated rings. The quantitative estimate of drug-likeness (QED) is 0.533. The summed E-state index contributed by atoms with van der Waals surface area (Å²) in [4.78, 5) is 10.00. The van der Waals surface area contributed by atoms with Crippen LogP contribution < -0.4 is 10.9 Å². The minimum atomic E-state index is -0.400. The molecule has 13 heavy (non-hydrogen) atoms. The predicted octanol–water partition coefficient (Wildman–Crippen LogP) is 0.819. The van der Waals surface area contributed by atoms with E-state index in [1.54, 1.807) is 19.2 Å². The molecule has 5 heteroatoms. The van der Waals surface area contributed by atoms with Gasteiger partial charge in [0.05, 0.1) is 4.92 Å². The molecule has 0 aliphatic heterocycles. The SMILES string of the molecule is CNNCc1cccc([N+](=O)[O-])c1. The van der Waals surface area contributed by atoms with E-state index in [0.29, 0.717) is 6.54 Å². The molecular formula is C8H11N3O2. The largest absolute Gasteiger partial charge is 0.269 e. The van der Waals surface area contributed by atoms with E-state index in [-0.39, 0.29) is 5.69 Å². The second-order valence-electron chi connectivity index (χ2n) is 2.53. The lowest BCUT2D eigenvalue weighted by atomic mass is 10.2. The van der Waals surface area contributed by atoms with Crippen LogP contribution in [0.2, 0.25) is 0 Å². The van der Waals surface area contributed by atoms with E-state index >= 15 is 0 Å². The smallest absolute Gasteiger partial charge is 0.261 e. The Labute approximate surface area is 75.9 Å². The summed E-state index contributed by atoms with van der Waals surface area (Å²) >= 11 is 0. The molecule has 0 aliphatic carbocycles. The molecule has 5 nitrogen and oxygen atoms in total. The van der Waals surface area contributed by atoms with Crippen molar-refractivity contribution in [2.75, 3.05) is 7.05 Å². The normalized spacial score (nSPS) is 9.92. The molecule has 1 aromatic carbocycles. The third kappa shape index (κ3) is 2.81. The summed E-state index contributed by atoms with van der Waals surface area (Å²) < 4.78 is 0. The molecule has 70 valence electrons. The molecule has 0 saturated heterocycles. The van der Waals surface area contributed by atoms with Crippen LogP contribution in [0.3, 0.4) is 0 Å². The highest BCUT2D eigenvalue weighted by Crippen LogP contribution is 2.12. The zero-order valence-corrected chi connectivity index (χ0v) is 7.28. The van der Waals surface area contributed by atoms with Crippen LogP contribution in [-0.2, 0) is 6.54 Å². The van der Waals surface area contributed by atoms with Gasteiger partial charge in [0, 0.05) is 18.7 Å². The lowest BCUT2D eigenvalue weighted by molar-refractivity contribution is -0.384. The molecule has 0 saturated carbocycles. The van der Waals surface area contributed by atoms with Crippen LogP contribution in [0.15, 0.2) is 24.3 Å². The first kappa shape index (κ1) is 9.63. The van der Waals surface area contributed by atoms with Crippen LogP contribution in [-0.4, -0.2) is 12.0 Å². The first-order chi connectivity index (χ1) is 6.24. The van der Waals surface area contributed by atoms with E-state index in [1.807, 2.05) is 6.07 Å². The fourth-order valence-corrected chi connectivity index (χ4v) is 0.970. The van der Waals surface area contributed by atoms with Crippen LogP contribution >= 0.6 is 0 Å². The van der Waals surface area contributed by atoms with Gasteiger partial charge in [0.15, 0.2) is 0 Å². The maximum atomic E-state index is 10.4. The van der Waals surface area contributed by atoms with Crippen molar-refractivity contribution in [3.8, 4) is 0 Å². The van der Waals surface area contributed by atoms with Crippen molar-refractivity contribution in [3.05, 3.63) is 39.9 Å². The summed E-state index contributed by atoms with van der Waals surface area (Å²) in [6, 6.07) is 6.52. The highest BCUT2D eigenvalue weighted by Gasteiger charge is 2.04. The van der Waals surface area contributed by atoms with E-state index in [2.05, 4.69) is 10.9 Å². The summed E-state index contributed by atoms with van der Waals surface area (Å²) in [5.41, 5.74) is 6.60. The number of nitro groups is 1. The van der Waals surface area contributed by atoms with E-state index in [4.69, 9.17) is 0 Å². The summed E-state index contributed by atoms with van der Waals surface area (Å²) in [6.45, 7) is 0.568. The molecule has 0 spiro atoms. The topological polar surface area (TPSA) is 67.2 Å². The number of benzene rings is 1. The van der Waals surface area contributed by atoms with Crippen molar-refractivity contribution in [2.24, 2.45) is 0 Å². The number of rotatable bonds is 4. The van der Waals surface area contributed by atoms with Crippen molar-refractivity contribution >= 4 is 5.69 Å². The average Bonchev–Trinajstić information content (AvgIpc) is 2.15. The second-order valence-corrected chi connectivity index (χ2v) is 2.53. The third-order valence-corrected chi connectivity index (χ3v) is 1.59. The van der Waals surface area contributed by atoms with Crippen LogP contribution in [0.25, 0.3) is 0 Å². The van der Waals surface area contributed by atoms with Crippen LogP contribution in [0, 0.1) is 10.1 Å². The maximum absolute atomic E-state index is 10.4. The van der Waals surface area contributed by atoms with Crippen LogP contribution in [0.5, 0.6) is 0 Å². The summed E-state index contributed by atoms with van der Waals surface area (Å²) in [6.07, 6.45) is 0. The predicted molar refractivity (Wildman–Crippen MR) is 49.0 cm³/mol. The van der Waals surface area contributed by atoms with Gasteiger partial charge in [-0.3, -0.25) is 21.0 Å². The average molecular weight is 181 g/mol. The number of hydrogen-bond donors (Lipinski definition) is 2. The Balaban J connectivity index is 2.73. The Morgan fingerprint density at radius 2 is 2.31 bits per heavy atom. The molecule has 0 amide bonds. The monoisotopic (exact) mass is 181 g/mol. The number of nitro benzene ring substituents is 1. The fraction of sp³-hybridized carbons (Fsp3) is 0.250. The van der Waals surface area contributed by atoms with Gasteiger partial charge in [-0.25, -0.2) is 0 Å². The number of nitrogens with zero attached hydrogens (tertiary/aromatic N) is 1. The van der Waals surface area contributed by atoms with Gasteiger partial charge in [-0.15, -0.1) is 0 Å². The number of hydrogen-bond acceptors (Lipinski definition) is 4. The van der Waals surface area contributed by atoms with Gasteiger partial charge < -0.3 is 0 Å². The Kier molecular flexibility index (Phi) is 3.36. The lowest BCUT2D eigenvalue weighted by Gasteiger charge is -2.01. The van der Waals surface area contributed by atoms with Gasteiger partial charge in [-0.1, -0.05) is 12.1 Å². The van der Waals surface area contributed by atoms with Crippen LogP contribution in [0.1, 0.15) is 5.56 Å². The molecule has 0 aromatic heterocycles. The standard InChI is InChI=1S/C8H11N3O2/c1-9-10-6-7-3-2-4-8(5-7)11(12)13/h2-5,9-10H,6H2,1H3. The van der Waals surface area contributed by atoms with Gasteiger partial charge in [-0.05, 0) is 12.6 Å². The molecule has 1 rings (SSSR count). The zero-order chi connectivity index (χ0) is 9.68. The fourth-order valence-electron chi connectivity index (χ4n) is 0.970. The molecule has 0 radical (unpaired) electrons. The highest BCUT2D eigenvalue weighted by atomic mass is 16.6. The van der Waals surface area contributed by atoms with E-state index < -0.39 is 4.92 Å². The first-order valence-electron chi connectivity index (χ1n) is 3.87. The van der Waals surface area contributed by atoms with Gasteiger partial charge in [0.25, 0.3) is 5.69 Å². The van der Waals surface area contributed by atoms with Gasteiger partial charge >= 0.3 is 0 Å². The summed E-state index contributed by atoms with van der Waals surface area (Å²) in [5.74, 6) is 0. The van der Waals surface area contributed by atoms with Crippen LogP contribution in [0.4, 0.5) is 5.69 Å². The van der Waals surface area contributed by atoms with E-state index in [1.165, 1.54) is 6.07 Å². The van der Waals surface area contributed by atoms with Gasteiger partial charge in [-0.2, -0.15) is 0 Å². The number of hydrazine groups is 1. The Morgan fingerprint density at radius 3 is 2.92 bits per heavy atom. The molecule has 0 heterocycles. The lowest BCUT2D eigenvalue weighted by Crippen LogP contribution is -2.26. The molecule has 0 bridgehead atoms. The minimum Gasteiger partial charge on any atom is -0.261 e. The Bertz CT molecular complexity index is 301. The molecule has 2 N–H and O–H groups in total. The molecule has 0 atom stereocenters. The van der Waals surface area contributed by atoms with Crippen molar-refractivity contribution < 1.29 is 4.92 Å². The van der Waals surface area contributed by atoms with E-state index in [0.717, 1.165) is 5.56 Å². The second kappa shape index (κ2) is 4.54. The van der Waals surface area contributed by atoms with Crippen molar-refractivity contribution in [1.29, 1.82) is 0 Å². The summed E-state index contributed by atoms with van der Waals surface area (Å²) in [5, 5.41) is 10.4. The minimum absolute atomic E-state index is 0.121. The van der Waals surface area contributed by atoms with Gasteiger partial charge in [0.2, 0.25) is 0 Å². The highest BCUT2D eigenvalue weighted by molar-refractivity contribution is 5.34. The van der Waals surface area contributed by atoms with Crippen molar-refractivity contribution in [2.45, 2.75) is 6.54 Å². The summed E-state index contributed by atoms with van der Waals surface area (Å²) in [7, 11) is 1.75. The Morgan fingerprint density at radius 1 is 1.54 bits per heavy atom. The third-order valence-electron chi connectivity index (χ3n) is 1.59. The van der Waals surface area contributed by atoms with Crippen molar-refractivity contribution in [3.63, 3.8) is 0 Å². The molecule has 0 unspecified atom stereocenters. The molecule has 0 aliphatic rings. The zero-order valence-electron chi connectivity index (χ0n) is 7.28. The van der Waals surface area contributed by atoms with Gasteiger partial charge in [0.1, 0.15) is 0 Å². The number of non-ortho nitro benzene ring substituents is 1. The number of nitrogens with one attached hydrogen (secondary N) is 2. The molecular weight excluding hydrogens is 170 g/mol.